The van der Waals surface area contributed by atoms with Crippen LogP contribution in [-0.4, -0.2) is 61.2 Å². The Labute approximate surface area is 141 Å². The molecule has 130 valence electrons. The second-order valence-electron chi connectivity index (χ2n) is 6.16. The van der Waals surface area contributed by atoms with Gasteiger partial charge < -0.3 is 14.4 Å². The summed E-state index contributed by atoms with van der Waals surface area (Å²) in [6.07, 6.45) is 3.54. The first-order valence-electron chi connectivity index (χ1n) is 8.42. The molecule has 2 aliphatic rings. The molecule has 7 nitrogen and oxygen atoms in total. The van der Waals surface area contributed by atoms with Crippen LogP contribution in [0.3, 0.4) is 0 Å². The van der Waals surface area contributed by atoms with Crippen LogP contribution in [0.1, 0.15) is 19.8 Å². The van der Waals surface area contributed by atoms with Gasteiger partial charge in [0.15, 0.2) is 18.2 Å². The van der Waals surface area contributed by atoms with E-state index in [1.807, 2.05) is 4.90 Å². The number of carbonyl (C=O) groups excluding carboxylic acids is 2. The number of anilines is 1. The fourth-order valence-corrected chi connectivity index (χ4v) is 3.02. The van der Waals surface area contributed by atoms with Crippen molar-refractivity contribution in [2.24, 2.45) is 5.92 Å². The average molecular weight is 333 g/mol. The molecule has 1 aromatic rings. The SMILES string of the molecule is CCCOC[C@H]1CCN(C(=O)CN2C(=O)COc3cccnc32)C1. The summed E-state index contributed by atoms with van der Waals surface area (Å²) in [4.78, 5) is 32.1. The topological polar surface area (TPSA) is 72.0 Å². The molecule has 2 aliphatic heterocycles. The molecule has 0 radical (unpaired) electrons. The molecule has 0 unspecified atom stereocenters. The predicted molar refractivity (Wildman–Crippen MR) is 87.9 cm³/mol. The summed E-state index contributed by atoms with van der Waals surface area (Å²) in [5, 5.41) is 0. The lowest BCUT2D eigenvalue weighted by molar-refractivity contribution is -0.131. The molecule has 0 N–H and O–H groups in total. The third-order valence-electron chi connectivity index (χ3n) is 4.29. The largest absolute Gasteiger partial charge is 0.480 e. The summed E-state index contributed by atoms with van der Waals surface area (Å²) >= 11 is 0. The molecular formula is C17H23N3O4. The molecule has 0 spiro atoms. The van der Waals surface area contributed by atoms with E-state index in [4.69, 9.17) is 9.47 Å². The number of likely N-dealkylation sites (tertiary alicyclic amines) is 1. The van der Waals surface area contributed by atoms with E-state index in [2.05, 4.69) is 11.9 Å². The van der Waals surface area contributed by atoms with Gasteiger partial charge in [-0.3, -0.25) is 14.5 Å². The molecule has 1 fully saturated rings. The lowest BCUT2D eigenvalue weighted by atomic mass is 10.1. The monoisotopic (exact) mass is 333 g/mol. The van der Waals surface area contributed by atoms with Gasteiger partial charge in [0.2, 0.25) is 5.91 Å². The Bertz CT molecular complexity index is 607. The van der Waals surface area contributed by atoms with Gasteiger partial charge in [0.25, 0.3) is 5.91 Å². The van der Waals surface area contributed by atoms with Crippen LogP contribution in [0.25, 0.3) is 0 Å². The normalized spacial score (nSPS) is 20.0. The lowest BCUT2D eigenvalue weighted by Gasteiger charge is -2.29. The van der Waals surface area contributed by atoms with Gasteiger partial charge in [-0.05, 0) is 25.0 Å². The first kappa shape index (κ1) is 16.7. The molecule has 0 aliphatic carbocycles. The number of hydrogen-bond acceptors (Lipinski definition) is 5. The maximum Gasteiger partial charge on any atom is 0.266 e. The molecule has 1 saturated heterocycles. The highest BCUT2D eigenvalue weighted by atomic mass is 16.5. The van der Waals surface area contributed by atoms with Crippen molar-refractivity contribution < 1.29 is 19.1 Å². The van der Waals surface area contributed by atoms with Gasteiger partial charge in [-0.15, -0.1) is 0 Å². The van der Waals surface area contributed by atoms with E-state index in [9.17, 15) is 9.59 Å². The van der Waals surface area contributed by atoms with E-state index < -0.39 is 0 Å². The summed E-state index contributed by atoms with van der Waals surface area (Å²) in [6, 6.07) is 3.50. The first-order valence-corrected chi connectivity index (χ1v) is 8.42. The third-order valence-corrected chi connectivity index (χ3v) is 4.29. The molecule has 24 heavy (non-hydrogen) atoms. The van der Waals surface area contributed by atoms with Crippen molar-refractivity contribution in [1.29, 1.82) is 0 Å². The predicted octanol–water partition coefficient (Wildman–Crippen LogP) is 1.08. The first-order chi connectivity index (χ1) is 11.7. The molecule has 7 heteroatoms. The Kier molecular flexibility index (Phi) is 5.30. The number of hydrogen-bond donors (Lipinski definition) is 0. The van der Waals surface area contributed by atoms with Crippen LogP contribution in [0, 0.1) is 5.92 Å². The van der Waals surface area contributed by atoms with E-state index in [1.165, 1.54) is 4.90 Å². The molecule has 3 heterocycles. The number of carbonyl (C=O) groups is 2. The fraction of sp³-hybridized carbons (Fsp3) is 0.588. The zero-order chi connectivity index (χ0) is 16.9. The van der Waals surface area contributed by atoms with Gasteiger partial charge >= 0.3 is 0 Å². The van der Waals surface area contributed by atoms with E-state index in [1.54, 1.807) is 18.3 Å². The molecule has 1 atom stereocenters. The molecule has 0 aromatic carbocycles. The number of pyridine rings is 1. The summed E-state index contributed by atoms with van der Waals surface area (Å²) < 4.78 is 10.9. The number of nitrogens with zero attached hydrogens (tertiary/aromatic N) is 3. The minimum absolute atomic E-state index is 0.00867. The van der Waals surface area contributed by atoms with Crippen molar-refractivity contribution >= 4 is 17.6 Å². The molecule has 0 bridgehead atoms. The average Bonchev–Trinajstić information content (AvgIpc) is 3.07. The summed E-state index contributed by atoms with van der Waals surface area (Å²) in [6.45, 7) is 4.89. The number of rotatable bonds is 6. The number of aromatic nitrogens is 1. The van der Waals surface area contributed by atoms with Gasteiger partial charge in [-0.1, -0.05) is 6.92 Å². The number of ether oxygens (including phenoxy) is 2. The van der Waals surface area contributed by atoms with E-state index in [0.717, 1.165) is 19.4 Å². The van der Waals surface area contributed by atoms with Crippen molar-refractivity contribution in [1.82, 2.24) is 9.88 Å². The van der Waals surface area contributed by atoms with Crippen LogP contribution in [0.4, 0.5) is 5.82 Å². The number of fused-ring (bicyclic) bond motifs is 1. The summed E-state index contributed by atoms with van der Waals surface area (Å²) in [5.41, 5.74) is 0. The Morgan fingerprint density at radius 3 is 3.21 bits per heavy atom. The lowest BCUT2D eigenvalue weighted by Crippen LogP contribution is -2.46. The summed E-state index contributed by atoms with van der Waals surface area (Å²) in [5.74, 6) is 1.05. The Morgan fingerprint density at radius 2 is 2.38 bits per heavy atom. The number of amides is 2. The minimum atomic E-state index is -0.239. The van der Waals surface area contributed by atoms with Gasteiger partial charge in [0.05, 0.1) is 6.61 Å². The van der Waals surface area contributed by atoms with E-state index in [-0.39, 0.29) is 25.0 Å². The molecular weight excluding hydrogens is 310 g/mol. The second kappa shape index (κ2) is 7.61. The summed E-state index contributed by atoms with van der Waals surface area (Å²) in [7, 11) is 0. The van der Waals surface area contributed by atoms with Crippen molar-refractivity contribution in [2.45, 2.75) is 19.8 Å². The smallest absolute Gasteiger partial charge is 0.266 e. The Balaban J connectivity index is 1.58. The third kappa shape index (κ3) is 3.67. The van der Waals surface area contributed by atoms with Crippen LogP contribution < -0.4 is 9.64 Å². The maximum absolute atomic E-state index is 12.6. The minimum Gasteiger partial charge on any atom is -0.480 e. The van der Waals surface area contributed by atoms with E-state index in [0.29, 0.717) is 37.2 Å². The Morgan fingerprint density at radius 1 is 1.50 bits per heavy atom. The van der Waals surface area contributed by atoms with Crippen LogP contribution in [0.15, 0.2) is 18.3 Å². The highest BCUT2D eigenvalue weighted by Crippen LogP contribution is 2.29. The van der Waals surface area contributed by atoms with Crippen LogP contribution in [-0.2, 0) is 14.3 Å². The molecule has 0 saturated carbocycles. The molecule has 2 amide bonds. The zero-order valence-electron chi connectivity index (χ0n) is 13.9. The molecule has 3 rings (SSSR count). The van der Waals surface area contributed by atoms with Gasteiger partial charge in [-0.2, -0.15) is 0 Å². The van der Waals surface area contributed by atoms with Gasteiger partial charge in [-0.25, -0.2) is 4.98 Å². The van der Waals surface area contributed by atoms with E-state index >= 15 is 0 Å². The Hall–Kier alpha value is -2.15. The highest BCUT2D eigenvalue weighted by molar-refractivity contribution is 6.01. The fourth-order valence-electron chi connectivity index (χ4n) is 3.02. The zero-order valence-corrected chi connectivity index (χ0v) is 13.9. The highest BCUT2D eigenvalue weighted by Gasteiger charge is 2.32. The van der Waals surface area contributed by atoms with Crippen molar-refractivity contribution in [3.63, 3.8) is 0 Å². The van der Waals surface area contributed by atoms with Crippen LogP contribution >= 0.6 is 0 Å². The van der Waals surface area contributed by atoms with Crippen molar-refractivity contribution in [2.75, 3.05) is 44.4 Å². The van der Waals surface area contributed by atoms with Gasteiger partial charge in [0, 0.05) is 31.8 Å². The maximum atomic E-state index is 12.6. The van der Waals surface area contributed by atoms with Crippen LogP contribution in [0.2, 0.25) is 0 Å². The van der Waals surface area contributed by atoms with Gasteiger partial charge in [0.1, 0.15) is 6.54 Å². The quantitative estimate of drug-likeness (QED) is 0.729. The second-order valence-corrected chi connectivity index (χ2v) is 6.16. The van der Waals surface area contributed by atoms with Crippen LogP contribution in [0.5, 0.6) is 5.75 Å². The standard InChI is InChI=1S/C17H23N3O4/c1-2-8-23-11-13-5-7-19(9-13)15(21)10-20-16(22)12-24-14-4-3-6-18-17(14)20/h3-4,6,13H,2,5,7-12H2,1H3/t13-/m0/s1. The van der Waals surface area contributed by atoms with Crippen molar-refractivity contribution in [3.8, 4) is 5.75 Å². The van der Waals surface area contributed by atoms with Crippen molar-refractivity contribution in [3.05, 3.63) is 18.3 Å². The molecule has 1 aromatic heterocycles.